The fraction of sp³-hybridized carbons (Fsp3) is 0.538. The lowest BCUT2D eigenvalue weighted by atomic mass is 9.96. The molecule has 0 radical (unpaired) electrons. The summed E-state index contributed by atoms with van der Waals surface area (Å²) in [6.45, 7) is 5.57. The van der Waals surface area contributed by atoms with E-state index >= 15 is 0 Å². The number of nitrogens with one attached hydrogen (secondary N) is 2. The molecule has 2 atom stereocenters. The maximum Gasteiger partial charge on any atom is 0.241 e. The molecule has 0 aliphatic carbocycles. The van der Waals surface area contributed by atoms with Crippen molar-refractivity contribution in [3.05, 3.63) is 29.8 Å². The van der Waals surface area contributed by atoms with Crippen LogP contribution < -0.4 is 10.0 Å². The molecular formula is C13H20N2O2S. The number of piperidine rings is 1. The highest BCUT2D eigenvalue weighted by Gasteiger charge is 2.27. The molecule has 2 rings (SSSR count). The lowest BCUT2D eigenvalue weighted by Crippen LogP contribution is -2.50. The summed E-state index contributed by atoms with van der Waals surface area (Å²) in [6, 6.07) is 7.04. The minimum Gasteiger partial charge on any atom is -0.315 e. The zero-order valence-corrected chi connectivity index (χ0v) is 11.6. The van der Waals surface area contributed by atoms with E-state index < -0.39 is 10.0 Å². The van der Waals surface area contributed by atoms with Gasteiger partial charge in [-0.15, -0.1) is 0 Å². The van der Waals surface area contributed by atoms with E-state index in [2.05, 4.69) is 17.0 Å². The highest BCUT2D eigenvalue weighted by atomic mass is 32.2. The van der Waals surface area contributed by atoms with Crippen molar-refractivity contribution in [1.82, 2.24) is 10.0 Å². The number of aryl methyl sites for hydroxylation is 1. The molecule has 0 saturated carbocycles. The van der Waals surface area contributed by atoms with Crippen molar-refractivity contribution < 1.29 is 8.42 Å². The molecule has 1 fully saturated rings. The van der Waals surface area contributed by atoms with Gasteiger partial charge in [0.05, 0.1) is 4.90 Å². The quantitative estimate of drug-likeness (QED) is 0.868. The molecule has 2 N–H and O–H groups in total. The Labute approximate surface area is 109 Å². The highest BCUT2D eigenvalue weighted by Crippen LogP contribution is 2.18. The Morgan fingerprint density at radius 1 is 1.33 bits per heavy atom. The third-order valence-electron chi connectivity index (χ3n) is 3.52. The zero-order chi connectivity index (χ0) is 13.2. The van der Waals surface area contributed by atoms with Gasteiger partial charge in [-0.25, -0.2) is 13.1 Å². The first-order valence-electron chi connectivity index (χ1n) is 6.29. The first-order chi connectivity index (χ1) is 8.50. The SMILES string of the molecule is Cc1ccccc1S(=O)(=O)NC1CNCCC1C. The molecule has 0 spiro atoms. The van der Waals surface area contributed by atoms with E-state index in [1.165, 1.54) is 0 Å². The van der Waals surface area contributed by atoms with Crippen LogP contribution in [-0.4, -0.2) is 27.5 Å². The van der Waals surface area contributed by atoms with E-state index in [4.69, 9.17) is 0 Å². The van der Waals surface area contributed by atoms with Crippen molar-refractivity contribution in [3.8, 4) is 0 Å². The largest absolute Gasteiger partial charge is 0.315 e. The lowest BCUT2D eigenvalue weighted by molar-refractivity contribution is 0.327. The summed E-state index contributed by atoms with van der Waals surface area (Å²) in [5, 5.41) is 3.23. The molecule has 5 heteroatoms. The van der Waals surface area contributed by atoms with Crippen LogP contribution in [0.2, 0.25) is 0 Å². The molecule has 1 aromatic rings. The summed E-state index contributed by atoms with van der Waals surface area (Å²) in [4.78, 5) is 0.378. The van der Waals surface area contributed by atoms with Crippen LogP contribution in [0.1, 0.15) is 18.9 Å². The van der Waals surface area contributed by atoms with Gasteiger partial charge in [0.25, 0.3) is 0 Å². The second-order valence-electron chi connectivity index (χ2n) is 4.96. The summed E-state index contributed by atoms with van der Waals surface area (Å²) >= 11 is 0. The van der Waals surface area contributed by atoms with Crippen LogP contribution in [0.15, 0.2) is 29.2 Å². The van der Waals surface area contributed by atoms with E-state index in [9.17, 15) is 8.42 Å². The predicted octanol–water partition coefficient (Wildman–Crippen LogP) is 1.27. The van der Waals surface area contributed by atoms with Crippen LogP contribution in [-0.2, 0) is 10.0 Å². The summed E-state index contributed by atoms with van der Waals surface area (Å²) in [5.74, 6) is 0.366. The van der Waals surface area contributed by atoms with E-state index in [0.29, 0.717) is 17.4 Å². The Kier molecular flexibility index (Phi) is 4.04. The topological polar surface area (TPSA) is 58.2 Å². The summed E-state index contributed by atoms with van der Waals surface area (Å²) in [5.41, 5.74) is 0.779. The molecule has 4 nitrogen and oxygen atoms in total. The molecule has 100 valence electrons. The van der Waals surface area contributed by atoms with Crippen LogP contribution in [0.25, 0.3) is 0 Å². The zero-order valence-electron chi connectivity index (χ0n) is 10.8. The second-order valence-corrected chi connectivity index (χ2v) is 6.65. The average molecular weight is 268 g/mol. The van der Waals surface area contributed by atoms with Crippen LogP contribution in [0.4, 0.5) is 0 Å². The predicted molar refractivity (Wildman–Crippen MR) is 71.9 cm³/mol. The molecule has 2 unspecified atom stereocenters. The molecule has 1 aliphatic heterocycles. The van der Waals surface area contributed by atoms with Crippen LogP contribution in [0.5, 0.6) is 0 Å². The number of benzene rings is 1. The molecule has 0 aromatic heterocycles. The van der Waals surface area contributed by atoms with Crippen molar-refractivity contribution in [1.29, 1.82) is 0 Å². The van der Waals surface area contributed by atoms with Gasteiger partial charge in [0.15, 0.2) is 0 Å². The number of sulfonamides is 1. The number of rotatable bonds is 3. The van der Waals surface area contributed by atoms with Crippen LogP contribution in [0.3, 0.4) is 0 Å². The van der Waals surface area contributed by atoms with Crippen molar-refractivity contribution >= 4 is 10.0 Å². The second kappa shape index (κ2) is 5.38. The summed E-state index contributed by atoms with van der Waals surface area (Å²) in [6.07, 6.45) is 1.00. The number of hydrogen-bond donors (Lipinski definition) is 2. The third-order valence-corrected chi connectivity index (χ3v) is 5.17. The molecule has 18 heavy (non-hydrogen) atoms. The minimum absolute atomic E-state index is 0.0247. The minimum atomic E-state index is -3.41. The van der Waals surface area contributed by atoms with Crippen molar-refractivity contribution in [2.24, 2.45) is 5.92 Å². The maximum absolute atomic E-state index is 12.3. The standard InChI is InChI=1S/C13H20N2O2S/c1-10-7-8-14-9-12(10)15-18(16,17)13-6-4-3-5-11(13)2/h3-6,10,12,14-15H,7-9H2,1-2H3. The van der Waals surface area contributed by atoms with Gasteiger partial charge in [-0.3, -0.25) is 0 Å². The van der Waals surface area contributed by atoms with Gasteiger partial charge >= 0.3 is 0 Å². The van der Waals surface area contributed by atoms with Crippen LogP contribution in [0, 0.1) is 12.8 Å². The fourth-order valence-electron chi connectivity index (χ4n) is 2.27. The highest BCUT2D eigenvalue weighted by molar-refractivity contribution is 7.89. The Hall–Kier alpha value is -0.910. The van der Waals surface area contributed by atoms with Gasteiger partial charge < -0.3 is 5.32 Å². The smallest absolute Gasteiger partial charge is 0.241 e. The third kappa shape index (κ3) is 2.91. The van der Waals surface area contributed by atoms with Crippen LogP contribution >= 0.6 is 0 Å². The molecular weight excluding hydrogens is 248 g/mol. The summed E-state index contributed by atoms with van der Waals surface area (Å²) in [7, 11) is -3.41. The van der Waals surface area contributed by atoms with E-state index in [-0.39, 0.29) is 6.04 Å². The molecule has 1 aliphatic rings. The first-order valence-corrected chi connectivity index (χ1v) is 7.78. The molecule has 1 saturated heterocycles. The Morgan fingerprint density at radius 2 is 2.06 bits per heavy atom. The van der Waals surface area contributed by atoms with Gasteiger partial charge in [-0.2, -0.15) is 0 Å². The monoisotopic (exact) mass is 268 g/mol. The summed E-state index contributed by atoms with van der Waals surface area (Å²) < 4.78 is 27.5. The van der Waals surface area contributed by atoms with E-state index in [0.717, 1.165) is 18.5 Å². The van der Waals surface area contributed by atoms with E-state index in [1.54, 1.807) is 12.1 Å². The van der Waals surface area contributed by atoms with Crippen molar-refractivity contribution in [2.75, 3.05) is 13.1 Å². The Morgan fingerprint density at radius 3 is 2.72 bits per heavy atom. The molecule has 0 amide bonds. The van der Waals surface area contributed by atoms with Gasteiger partial charge in [0, 0.05) is 12.6 Å². The van der Waals surface area contributed by atoms with Crippen molar-refractivity contribution in [2.45, 2.75) is 31.2 Å². The van der Waals surface area contributed by atoms with Gasteiger partial charge in [-0.05, 0) is 37.4 Å². The van der Waals surface area contributed by atoms with Gasteiger partial charge in [-0.1, -0.05) is 25.1 Å². The fourth-order valence-corrected chi connectivity index (χ4v) is 3.86. The maximum atomic E-state index is 12.3. The lowest BCUT2D eigenvalue weighted by Gasteiger charge is -2.30. The normalized spacial score (nSPS) is 25.0. The molecule has 1 heterocycles. The van der Waals surface area contributed by atoms with Gasteiger partial charge in [0.2, 0.25) is 10.0 Å². The first kappa shape index (κ1) is 13.5. The Balaban J connectivity index is 2.19. The Bertz CT molecular complexity index is 513. The molecule has 1 aromatic carbocycles. The van der Waals surface area contributed by atoms with Crippen molar-refractivity contribution in [3.63, 3.8) is 0 Å². The van der Waals surface area contributed by atoms with E-state index in [1.807, 2.05) is 19.1 Å². The molecule has 0 bridgehead atoms. The van der Waals surface area contributed by atoms with Gasteiger partial charge in [0.1, 0.15) is 0 Å². The number of hydrogen-bond acceptors (Lipinski definition) is 3. The average Bonchev–Trinajstić information content (AvgIpc) is 2.32.